The van der Waals surface area contributed by atoms with Crippen LogP contribution in [0.2, 0.25) is 0 Å². The predicted molar refractivity (Wildman–Crippen MR) is 95.4 cm³/mol. The molecule has 0 aliphatic rings. The van der Waals surface area contributed by atoms with Gasteiger partial charge in [-0.25, -0.2) is 17.5 Å². The Labute approximate surface area is 148 Å². The van der Waals surface area contributed by atoms with Crippen LogP contribution in [0.25, 0.3) is 0 Å². The van der Waals surface area contributed by atoms with Gasteiger partial charge in [0.05, 0.1) is 4.90 Å². The van der Waals surface area contributed by atoms with E-state index in [4.69, 9.17) is 0 Å². The number of amides is 1. The monoisotopic (exact) mass is 363 g/mol. The Hall–Kier alpha value is -2.21. The number of rotatable bonds is 5. The van der Waals surface area contributed by atoms with Crippen LogP contribution >= 0.6 is 0 Å². The summed E-state index contributed by atoms with van der Waals surface area (Å²) in [6, 6.07) is 7.83. The minimum Gasteiger partial charge on any atom is -0.274 e. The van der Waals surface area contributed by atoms with E-state index in [1.165, 1.54) is 12.1 Å². The molecule has 0 atom stereocenters. The highest BCUT2D eigenvalue weighted by Crippen LogP contribution is 2.25. The normalized spacial score (nSPS) is 11.4. The van der Waals surface area contributed by atoms with Crippen molar-refractivity contribution in [3.63, 3.8) is 0 Å². The molecular formula is C19H22FNO3S. The van der Waals surface area contributed by atoms with Crippen LogP contribution in [0.3, 0.4) is 0 Å². The molecule has 0 radical (unpaired) electrons. The topological polar surface area (TPSA) is 63.2 Å². The van der Waals surface area contributed by atoms with Crippen LogP contribution in [0, 0.1) is 33.5 Å². The van der Waals surface area contributed by atoms with Gasteiger partial charge in [0.15, 0.2) is 0 Å². The summed E-state index contributed by atoms with van der Waals surface area (Å²) in [7, 11) is -3.95. The van der Waals surface area contributed by atoms with E-state index < -0.39 is 15.9 Å². The van der Waals surface area contributed by atoms with Crippen LogP contribution in [0.4, 0.5) is 4.39 Å². The van der Waals surface area contributed by atoms with Gasteiger partial charge in [-0.1, -0.05) is 18.2 Å². The fraction of sp³-hybridized carbons (Fsp3) is 0.316. The summed E-state index contributed by atoms with van der Waals surface area (Å²) in [4.78, 5) is 12.3. The number of carbonyl (C=O) groups excluding carboxylic acids is 1. The highest BCUT2D eigenvalue weighted by molar-refractivity contribution is 7.90. The first-order chi connectivity index (χ1) is 11.6. The van der Waals surface area contributed by atoms with Gasteiger partial charge in [0, 0.05) is 6.42 Å². The maximum atomic E-state index is 13.2. The SMILES string of the molecule is Cc1cc(C)c(C)c(S(=O)(=O)NC(=O)CCc2cccc(F)c2)c1C. The molecule has 0 fully saturated rings. The number of aryl methyl sites for hydroxylation is 3. The first kappa shape index (κ1) is 19.1. The van der Waals surface area contributed by atoms with Crippen molar-refractivity contribution in [3.05, 3.63) is 64.0 Å². The molecule has 0 aromatic heterocycles. The second-order valence-corrected chi connectivity index (χ2v) is 7.87. The lowest BCUT2D eigenvalue weighted by Crippen LogP contribution is -2.32. The summed E-state index contributed by atoms with van der Waals surface area (Å²) in [5, 5.41) is 0. The van der Waals surface area contributed by atoms with E-state index in [0.717, 1.165) is 11.1 Å². The molecule has 6 heteroatoms. The minimum atomic E-state index is -3.95. The first-order valence-corrected chi connectivity index (χ1v) is 9.47. The quantitative estimate of drug-likeness (QED) is 0.884. The van der Waals surface area contributed by atoms with Crippen molar-refractivity contribution in [1.82, 2.24) is 4.72 Å². The smallest absolute Gasteiger partial charge is 0.264 e. The molecule has 0 saturated heterocycles. The van der Waals surface area contributed by atoms with Gasteiger partial charge < -0.3 is 0 Å². The van der Waals surface area contributed by atoms with Gasteiger partial charge in [0.1, 0.15) is 5.82 Å². The molecule has 4 nitrogen and oxygen atoms in total. The largest absolute Gasteiger partial charge is 0.274 e. The Bertz CT molecular complexity index is 894. The molecule has 0 aliphatic heterocycles. The number of nitrogens with one attached hydrogen (secondary N) is 1. The van der Waals surface area contributed by atoms with Crippen molar-refractivity contribution < 1.29 is 17.6 Å². The van der Waals surface area contributed by atoms with Crippen molar-refractivity contribution in [2.75, 3.05) is 0 Å². The molecule has 0 unspecified atom stereocenters. The van der Waals surface area contributed by atoms with E-state index in [2.05, 4.69) is 4.72 Å². The maximum Gasteiger partial charge on any atom is 0.264 e. The predicted octanol–water partition coefficient (Wildman–Crippen LogP) is 3.50. The van der Waals surface area contributed by atoms with E-state index in [1.807, 2.05) is 19.9 Å². The summed E-state index contributed by atoms with van der Waals surface area (Å²) < 4.78 is 40.6. The van der Waals surface area contributed by atoms with Crippen LogP contribution < -0.4 is 4.72 Å². The number of carbonyl (C=O) groups is 1. The fourth-order valence-electron chi connectivity index (χ4n) is 2.79. The van der Waals surface area contributed by atoms with E-state index in [1.54, 1.807) is 26.0 Å². The van der Waals surface area contributed by atoms with E-state index >= 15 is 0 Å². The van der Waals surface area contributed by atoms with Crippen molar-refractivity contribution in [3.8, 4) is 0 Å². The number of hydrogen-bond acceptors (Lipinski definition) is 3. The number of halogens is 1. The van der Waals surface area contributed by atoms with E-state index in [0.29, 0.717) is 16.7 Å². The highest BCUT2D eigenvalue weighted by atomic mass is 32.2. The Balaban J connectivity index is 2.18. The molecule has 0 saturated carbocycles. The van der Waals surface area contributed by atoms with Crippen LogP contribution in [0.15, 0.2) is 35.2 Å². The Morgan fingerprint density at radius 3 is 2.20 bits per heavy atom. The molecule has 0 spiro atoms. The van der Waals surface area contributed by atoms with Gasteiger partial charge in [-0.3, -0.25) is 4.79 Å². The van der Waals surface area contributed by atoms with Crippen molar-refractivity contribution in [2.45, 2.75) is 45.4 Å². The molecular weight excluding hydrogens is 341 g/mol. The summed E-state index contributed by atoms with van der Waals surface area (Å²) in [5.41, 5.74) is 3.62. The zero-order chi connectivity index (χ0) is 18.8. The minimum absolute atomic E-state index is 0.0361. The van der Waals surface area contributed by atoms with Crippen LogP contribution in [-0.4, -0.2) is 14.3 Å². The molecule has 1 amide bonds. The summed E-state index contributed by atoms with van der Waals surface area (Å²) in [5.74, 6) is -0.991. The first-order valence-electron chi connectivity index (χ1n) is 7.99. The second-order valence-electron chi connectivity index (χ2n) is 6.25. The Kier molecular flexibility index (Phi) is 5.62. The summed E-state index contributed by atoms with van der Waals surface area (Å²) in [6.07, 6.45) is 0.232. The lowest BCUT2D eigenvalue weighted by atomic mass is 10.0. The van der Waals surface area contributed by atoms with Gasteiger partial charge in [0.25, 0.3) is 10.0 Å². The second kappa shape index (κ2) is 7.35. The average Bonchev–Trinajstić information content (AvgIpc) is 2.50. The molecule has 2 aromatic rings. The highest BCUT2D eigenvalue weighted by Gasteiger charge is 2.24. The van der Waals surface area contributed by atoms with E-state index in [-0.39, 0.29) is 23.6 Å². The van der Waals surface area contributed by atoms with Gasteiger partial charge in [-0.05, 0) is 74.1 Å². The Morgan fingerprint density at radius 2 is 1.64 bits per heavy atom. The molecule has 25 heavy (non-hydrogen) atoms. The lowest BCUT2D eigenvalue weighted by molar-refractivity contribution is -0.119. The number of hydrogen-bond donors (Lipinski definition) is 1. The van der Waals surface area contributed by atoms with E-state index in [9.17, 15) is 17.6 Å². The van der Waals surface area contributed by atoms with Crippen molar-refractivity contribution >= 4 is 15.9 Å². The van der Waals surface area contributed by atoms with Crippen molar-refractivity contribution in [2.24, 2.45) is 0 Å². The zero-order valence-electron chi connectivity index (χ0n) is 14.8. The molecule has 2 aromatic carbocycles. The summed E-state index contributed by atoms with van der Waals surface area (Å²) in [6.45, 7) is 7.14. The third-order valence-corrected chi connectivity index (χ3v) is 5.99. The molecule has 0 bridgehead atoms. The molecule has 0 heterocycles. The fourth-order valence-corrected chi connectivity index (χ4v) is 4.42. The van der Waals surface area contributed by atoms with Crippen LogP contribution in [0.5, 0.6) is 0 Å². The third-order valence-electron chi connectivity index (χ3n) is 4.34. The standard InChI is InChI=1S/C19H22FNO3S/c1-12-10-13(2)15(4)19(14(12)3)25(23,24)21-18(22)9-8-16-6-5-7-17(20)11-16/h5-7,10-11H,8-9H2,1-4H3,(H,21,22). The lowest BCUT2D eigenvalue weighted by Gasteiger charge is -2.16. The molecule has 1 N–H and O–H groups in total. The number of benzene rings is 2. The molecule has 0 aliphatic carbocycles. The maximum absolute atomic E-state index is 13.2. The molecule has 2 rings (SSSR count). The number of sulfonamides is 1. The van der Waals surface area contributed by atoms with Crippen LogP contribution in [-0.2, 0) is 21.2 Å². The zero-order valence-corrected chi connectivity index (χ0v) is 15.6. The van der Waals surface area contributed by atoms with Crippen molar-refractivity contribution in [1.29, 1.82) is 0 Å². The average molecular weight is 363 g/mol. The van der Waals surface area contributed by atoms with Gasteiger partial charge in [-0.15, -0.1) is 0 Å². The Morgan fingerprint density at radius 1 is 1.04 bits per heavy atom. The molecule has 134 valence electrons. The third kappa shape index (κ3) is 4.45. The van der Waals surface area contributed by atoms with Gasteiger partial charge >= 0.3 is 0 Å². The van der Waals surface area contributed by atoms with Gasteiger partial charge in [0.2, 0.25) is 5.91 Å². The summed E-state index contributed by atoms with van der Waals surface area (Å²) >= 11 is 0. The van der Waals surface area contributed by atoms with Crippen LogP contribution in [0.1, 0.15) is 34.2 Å². The van der Waals surface area contributed by atoms with Gasteiger partial charge in [-0.2, -0.15) is 0 Å².